The first-order valence-electron chi connectivity index (χ1n) is 7.62. The largest absolute Gasteiger partial charge is 0.352 e. The Balaban J connectivity index is 1.64. The first-order chi connectivity index (χ1) is 12.1. The molecule has 0 aliphatic heterocycles. The summed E-state index contributed by atoms with van der Waals surface area (Å²) in [5.74, 6) is 0.442. The van der Waals surface area contributed by atoms with Crippen LogP contribution in [0.5, 0.6) is 0 Å². The fraction of sp³-hybridized carbons (Fsp3) is 0.176. The smallest absolute Gasteiger partial charge is 0.283 e. The summed E-state index contributed by atoms with van der Waals surface area (Å²) >= 11 is 1.28. The second kappa shape index (κ2) is 7.35. The van der Waals surface area contributed by atoms with Crippen molar-refractivity contribution in [1.82, 2.24) is 15.3 Å². The highest BCUT2D eigenvalue weighted by atomic mass is 32.2. The predicted octanol–water partition coefficient (Wildman–Crippen LogP) is 3.17. The van der Waals surface area contributed by atoms with E-state index in [0.717, 1.165) is 16.9 Å². The maximum atomic E-state index is 12.2. The van der Waals surface area contributed by atoms with Gasteiger partial charge in [-0.2, -0.15) is 0 Å². The minimum absolute atomic E-state index is 0.0579. The summed E-state index contributed by atoms with van der Waals surface area (Å²) < 4.78 is 0. The number of carbonyl (C=O) groups is 1. The van der Waals surface area contributed by atoms with Crippen LogP contribution in [0.1, 0.15) is 16.2 Å². The second-order valence-electron chi connectivity index (χ2n) is 5.35. The van der Waals surface area contributed by atoms with Crippen LogP contribution in [0.15, 0.2) is 47.4 Å². The second-order valence-corrected chi connectivity index (χ2v) is 6.20. The van der Waals surface area contributed by atoms with E-state index in [4.69, 9.17) is 0 Å². The average molecular weight is 356 g/mol. The van der Waals surface area contributed by atoms with Gasteiger partial charge in [0.05, 0.1) is 20.9 Å². The Morgan fingerprint density at radius 1 is 1.32 bits per heavy atom. The van der Waals surface area contributed by atoms with Crippen molar-refractivity contribution in [3.8, 4) is 0 Å². The van der Waals surface area contributed by atoms with Crippen molar-refractivity contribution in [2.24, 2.45) is 0 Å². The molecule has 0 saturated carbocycles. The van der Waals surface area contributed by atoms with Gasteiger partial charge in [0.25, 0.3) is 11.6 Å². The lowest BCUT2D eigenvalue weighted by Crippen LogP contribution is -2.26. The molecule has 8 heteroatoms. The van der Waals surface area contributed by atoms with E-state index in [9.17, 15) is 14.9 Å². The number of nitrogens with one attached hydrogen (secondary N) is 2. The number of hydrogen-bond donors (Lipinski definition) is 2. The summed E-state index contributed by atoms with van der Waals surface area (Å²) in [6.45, 7) is 0.386. The van der Waals surface area contributed by atoms with Crippen LogP contribution in [0.3, 0.4) is 0 Å². The van der Waals surface area contributed by atoms with E-state index in [1.165, 1.54) is 17.8 Å². The summed E-state index contributed by atoms with van der Waals surface area (Å²) in [6.07, 6.45) is 2.31. The van der Waals surface area contributed by atoms with Gasteiger partial charge >= 0.3 is 0 Å². The van der Waals surface area contributed by atoms with Crippen LogP contribution in [-0.4, -0.2) is 33.6 Å². The van der Waals surface area contributed by atoms with E-state index < -0.39 is 4.92 Å². The van der Waals surface area contributed by atoms with Gasteiger partial charge < -0.3 is 10.3 Å². The fourth-order valence-corrected chi connectivity index (χ4v) is 3.04. The van der Waals surface area contributed by atoms with Gasteiger partial charge in [-0.15, -0.1) is 11.8 Å². The highest BCUT2D eigenvalue weighted by Gasteiger charge is 2.16. The predicted molar refractivity (Wildman–Crippen MR) is 97.0 cm³/mol. The van der Waals surface area contributed by atoms with Crippen LogP contribution in [-0.2, 0) is 6.42 Å². The van der Waals surface area contributed by atoms with Gasteiger partial charge in [-0.1, -0.05) is 12.1 Å². The van der Waals surface area contributed by atoms with Crippen LogP contribution in [0.4, 0.5) is 5.69 Å². The van der Waals surface area contributed by atoms with Crippen molar-refractivity contribution in [3.05, 3.63) is 64.0 Å². The molecule has 0 radical (unpaired) electrons. The number of nitrogens with zero attached hydrogens (tertiary/aromatic N) is 2. The molecule has 2 N–H and O–H groups in total. The number of thioether (sulfide) groups is 1. The van der Waals surface area contributed by atoms with Crippen LogP contribution < -0.4 is 5.32 Å². The summed E-state index contributed by atoms with van der Waals surface area (Å²) in [4.78, 5) is 31.0. The normalized spacial score (nSPS) is 10.8. The number of para-hydroxylation sites is 2. The fourth-order valence-electron chi connectivity index (χ4n) is 2.49. The van der Waals surface area contributed by atoms with Crippen molar-refractivity contribution in [1.29, 1.82) is 0 Å². The molecule has 1 aromatic heterocycles. The molecule has 2 aromatic carbocycles. The number of carbonyl (C=O) groups excluding carboxylic acids is 1. The van der Waals surface area contributed by atoms with Crippen molar-refractivity contribution in [2.75, 3.05) is 12.8 Å². The van der Waals surface area contributed by atoms with E-state index in [-0.39, 0.29) is 17.2 Å². The number of nitro benzene ring substituents is 1. The summed E-state index contributed by atoms with van der Waals surface area (Å²) in [5, 5.41) is 13.9. The molecule has 1 heterocycles. The minimum Gasteiger partial charge on any atom is -0.352 e. The van der Waals surface area contributed by atoms with Crippen LogP contribution >= 0.6 is 11.8 Å². The molecule has 0 spiro atoms. The molecule has 3 rings (SSSR count). The molecule has 3 aromatic rings. The zero-order valence-electron chi connectivity index (χ0n) is 13.5. The molecular weight excluding hydrogens is 340 g/mol. The van der Waals surface area contributed by atoms with Gasteiger partial charge in [0, 0.05) is 24.6 Å². The SMILES string of the molecule is CSc1ccc(C(=O)NCCc2nc3ccccc3[nH]2)cc1[N+](=O)[O-]. The number of nitro groups is 1. The number of rotatable bonds is 6. The highest BCUT2D eigenvalue weighted by Crippen LogP contribution is 2.28. The summed E-state index contributed by atoms with van der Waals surface area (Å²) in [6, 6.07) is 12.2. The topological polar surface area (TPSA) is 101 Å². The molecular formula is C17H16N4O3S. The molecule has 7 nitrogen and oxygen atoms in total. The summed E-state index contributed by atoms with van der Waals surface area (Å²) in [5.41, 5.74) is 2.05. The molecule has 0 fully saturated rings. The Morgan fingerprint density at radius 2 is 2.12 bits per heavy atom. The zero-order chi connectivity index (χ0) is 17.8. The first-order valence-corrected chi connectivity index (χ1v) is 8.85. The number of amides is 1. The van der Waals surface area contributed by atoms with Crippen molar-refractivity contribution in [3.63, 3.8) is 0 Å². The van der Waals surface area contributed by atoms with E-state index in [2.05, 4.69) is 15.3 Å². The van der Waals surface area contributed by atoms with Gasteiger partial charge in [0.1, 0.15) is 5.82 Å². The molecule has 0 aliphatic carbocycles. The number of H-pyrrole nitrogens is 1. The Bertz CT molecular complexity index is 906. The molecule has 1 amide bonds. The van der Waals surface area contributed by atoms with Gasteiger partial charge in [-0.05, 0) is 30.5 Å². The molecule has 0 unspecified atom stereocenters. The molecule has 0 atom stereocenters. The lowest BCUT2D eigenvalue weighted by Gasteiger charge is -2.05. The highest BCUT2D eigenvalue weighted by molar-refractivity contribution is 7.98. The standard InChI is InChI=1S/C17H16N4O3S/c1-25-15-7-6-11(10-14(15)21(23)24)17(22)18-9-8-16-19-12-4-2-3-5-13(12)20-16/h2-7,10H,8-9H2,1H3,(H,18,22)(H,19,20). The monoisotopic (exact) mass is 356 g/mol. The summed E-state index contributed by atoms with van der Waals surface area (Å²) in [7, 11) is 0. The van der Waals surface area contributed by atoms with Gasteiger partial charge in [0.2, 0.25) is 0 Å². The lowest BCUT2D eigenvalue weighted by molar-refractivity contribution is -0.387. The Labute approximate surface area is 148 Å². The Morgan fingerprint density at radius 3 is 2.84 bits per heavy atom. The number of aromatic amines is 1. The van der Waals surface area contributed by atoms with E-state index in [1.807, 2.05) is 24.3 Å². The number of imidazole rings is 1. The third kappa shape index (κ3) is 3.80. The van der Waals surface area contributed by atoms with Crippen molar-refractivity contribution in [2.45, 2.75) is 11.3 Å². The maximum absolute atomic E-state index is 12.2. The minimum atomic E-state index is -0.475. The Kier molecular flexibility index (Phi) is 4.99. The van der Waals surface area contributed by atoms with Gasteiger partial charge in [-0.3, -0.25) is 14.9 Å². The van der Waals surface area contributed by atoms with Gasteiger partial charge in [-0.25, -0.2) is 4.98 Å². The molecule has 25 heavy (non-hydrogen) atoms. The van der Waals surface area contributed by atoms with Crippen molar-refractivity contribution >= 4 is 34.4 Å². The molecule has 0 aliphatic rings. The number of fused-ring (bicyclic) bond motifs is 1. The van der Waals surface area contributed by atoms with Crippen molar-refractivity contribution < 1.29 is 9.72 Å². The Hall–Kier alpha value is -2.87. The molecule has 0 saturated heterocycles. The van der Waals surface area contributed by atoms with Gasteiger partial charge in [0.15, 0.2) is 0 Å². The number of aromatic nitrogens is 2. The van der Waals surface area contributed by atoms with E-state index in [0.29, 0.717) is 17.9 Å². The third-order valence-corrected chi connectivity index (χ3v) is 4.51. The lowest BCUT2D eigenvalue weighted by atomic mass is 10.2. The maximum Gasteiger partial charge on any atom is 0.283 e. The van der Waals surface area contributed by atoms with E-state index >= 15 is 0 Å². The molecule has 128 valence electrons. The molecule has 0 bridgehead atoms. The quantitative estimate of drug-likeness (QED) is 0.401. The zero-order valence-corrected chi connectivity index (χ0v) is 14.3. The van der Waals surface area contributed by atoms with E-state index in [1.54, 1.807) is 18.4 Å². The average Bonchev–Trinajstić information content (AvgIpc) is 3.03. The number of benzene rings is 2. The van der Waals surface area contributed by atoms with Crippen LogP contribution in [0, 0.1) is 10.1 Å². The number of hydrogen-bond acceptors (Lipinski definition) is 5. The third-order valence-electron chi connectivity index (χ3n) is 3.72. The van der Waals surface area contributed by atoms with Crippen LogP contribution in [0.2, 0.25) is 0 Å². The first kappa shape index (κ1) is 17.0. The van der Waals surface area contributed by atoms with Crippen LogP contribution in [0.25, 0.3) is 11.0 Å².